The second-order valence-electron chi connectivity index (χ2n) is 3.72. The summed E-state index contributed by atoms with van der Waals surface area (Å²) in [6.07, 6.45) is 2.47. The first kappa shape index (κ1) is 14.4. The van der Waals surface area contributed by atoms with E-state index in [0.29, 0.717) is 26.1 Å². The van der Waals surface area contributed by atoms with E-state index in [9.17, 15) is 4.79 Å². The summed E-state index contributed by atoms with van der Waals surface area (Å²) in [5, 5.41) is 8.73. The van der Waals surface area contributed by atoms with Crippen LogP contribution in [-0.2, 0) is 4.79 Å². The van der Waals surface area contributed by atoms with Crippen LogP contribution >= 0.6 is 0 Å². The van der Waals surface area contributed by atoms with Crippen LogP contribution in [0.25, 0.3) is 0 Å². The lowest BCUT2D eigenvalue weighted by atomic mass is 10.0. The van der Waals surface area contributed by atoms with Crippen molar-refractivity contribution in [1.29, 1.82) is 0 Å². The molecule has 1 atom stereocenters. The normalized spacial score (nSPS) is 12.5. The molecule has 0 heterocycles. The fourth-order valence-electron chi connectivity index (χ4n) is 1.63. The van der Waals surface area contributed by atoms with Gasteiger partial charge in [0.1, 0.15) is 0 Å². The van der Waals surface area contributed by atoms with Crippen molar-refractivity contribution >= 4 is 5.91 Å². The molecule has 0 aliphatic heterocycles. The first-order valence-electron chi connectivity index (χ1n) is 5.80. The minimum Gasteiger partial charge on any atom is -0.396 e. The van der Waals surface area contributed by atoms with Crippen LogP contribution in [0.4, 0.5) is 0 Å². The molecule has 0 aromatic rings. The van der Waals surface area contributed by atoms with E-state index in [2.05, 4.69) is 6.92 Å². The Hall–Kier alpha value is -0.610. The SMILES string of the molecule is CCCC(CN)C(=O)N(CC)CCCO. The predicted octanol–water partition coefficient (Wildman–Crippen LogP) is 0.592. The molecule has 4 heteroatoms. The van der Waals surface area contributed by atoms with E-state index in [1.54, 1.807) is 4.90 Å². The van der Waals surface area contributed by atoms with Gasteiger partial charge >= 0.3 is 0 Å². The van der Waals surface area contributed by atoms with Crippen molar-refractivity contribution in [2.75, 3.05) is 26.2 Å². The van der Waals surface area contributed by atoms with Gasteiger partial charge < -0.3 is 15.7 Å². The first-order valence-corrected chi connectivity index (χ1v) is 5.80. The summed E-state index contributed by atoms with van der Waals surface area (Å²) in [7, 11) is 0. The predicted molar refractivity (Wildman–Crippen MR) is 61.4 cm³/mol. The van der Waals surface area contributed by atoms with Gasteiger partial charge in [-0.1, -0.05) is 13.3 Å². The van der Waals surface area contributed by atoms with Crippen LogP contribution < -0.4 is 5.73 Å². The second-order valence-corrected chi connectivity index (χ2v) is 3.72. The largest absolute Gasteiger partial charge is 0.396 e. The van der Waals surface area contributed by atoms with Crippen molar-refractivity contribution in [2.45, 2.75) is 33.1 Å². The minimum atomic E-state index is -0.0476. The fraction of sp³-hybridized carbons (Fsp3) is 0.909. The fourth-order valence-corrected chi connectivity index (χ4v) is 1.63. The zero-order chi connectivity index (χ0) is 11.7. The number of aliphatic hydroxyl groups is 1. The molecule has 4 nitrogen and oxygen atoms in total. The van der Waals surface area contributed by atoms with Crippen LogP contribution in [0.3, 0.4) is 0 Å². The number of hydrogen-bond donors (Lipinski definition) is 2. The van der Waals surface area contributed by atoms with E-state index in [1.807, 2.05) is 6.92 Å². The van der Waals surface area contributed by atoms with Gasteiger partial charge in [-0.05, 0) is 19.8 Å². The van der Waals surface area contributed by atoms with Crippen LogP contribution in [0.5, 0.6) is 0 Å². The van der Waals surface area contributed by atoms with Crippen molar-refractivity contribution in [1.82, 2.24) is 4.90 Å². The van der Waals surface area contributed by atoms with Crippen LogP contribution in [0, 0.1) is 5.92 Å². The van der Waals surface area contributed by atoms with Crippen LogP contribution in [0.15, 0.2) is 0 Å². The summed E-state index contributed by atoms with van der Waals surface area (Å²) >= 11 is 0. The number of aliphatic hydroxyl groups excluding tert-OH is 1. The molecule has 0 radical (unpaired) electrons. The van der Waals surface area contributed by atoms with Gasteiger partial charge in [0.25, 0.3) is 0 Å². The maximum absolute atomic E-state index is 12.0. The molecule has 3 N–H and O–H groups in total. The molecule has 0 fully saturated rings. The number of amides is 1. The smallest absolute Gasteiger partial charge is 0.226 e. The molecule has 1 unspecified atom stereocenters. The summed E-state index contributed by atoms with van der Waals surface area (Å²) in [5.74, 6) is 0.0870. The minimum absolute atomic E-state index is 0.0476. The zero-order valence-corrected chi connectivity index (χ0v) is 9.91. The molecule has 0 bridgehead atoms. The van der Waals surface area contributed by atoms with Gasteiger partial charge in [0.05, 0.1) is 5.92 Å². The van der Waals surface area contributed by atoms with Gasteiger partial charge in [-0.15, -0.1) is 0 Å². The molecule has 0 spiro atoms. The average molecular weight is 216 g/mol. The number of hydrogen-bond acceptors (Lipinski definition) is 3. The van der Waals surface area contributed by atoms with Gasteiger partial charge in [0, 0.05) is 26.2 Å². The highest BCUT2D eigenvalue weighted by Crippen LogP contribution is 2.09. The highest BCUT2D eigenvalue weighted by molar-refractivity contribution is 5.79. The third kappa shape index (κ3) is 5.14. The Kier molecular flexibility index (Phi) is 8.33. The highest BCUT2D eigenvalue weighted by Gasteiger charge is 2.20. The van der Waals surface area contributed by atoms with Crippen molar-refractivity contribution in [3.63, 3.8) is 0 Å². The Labute approximate surface area is 92.4 Å². The second kappa shape index (κ2) is 8.68. The monoisotopic (exact) mass is 216 g/mol. The van der Waals surface area contributed by atoms with Crippen molar-refractivity contribution < 1.29 is 9.90 Å². The van der Waals surface area contributed by atoms with E-state index < -0.39 is 0 Å². The molecular formula is C11H24N2O2. The van der Waals surface area contributed by atoms with Gasteiger partial charge in [-0.25, -0.2) is 0 Å². The number of carbonyl (C=O) groups is 1. The highest BCUT2D eigenvalue weighted by atomic mass is 16.3. The summed E-state index contributed by atoms with van der Waals surface area (Å²) < 4.78 is 0. The molecule has 0 saturated carbocycles. The van der Waals surface area contributed by atoms with Crippen LogP contribution in [0.2, 0.25) is 0 Å². The molecule has 0 aliphatic carbocycles. The van der Waals surface area contributed by atoms with Crippen LogP contribution in [0.1, 0.15) is 33.1 Å². The number of nitrogens with zero attached hydrogens (tertiary/aromatic N) is 1. The Morgan fingerprint density at radius 3 is 2.53 bits per heavy atom. The average Bonchev–Trinajstić information content (AvgIpc) is 2.26. The van der Waals surface area contributed by atoms with Gasteiger partial charge in [-0.3, -0.25) is 4.79 Å². The molecule has 0 rings (SSSR count). The van der Waals surface area contributed by atoms with Crippen molar-refractivity contribution in [2.24, 2.45) is 11.7 Å². The van der Waals surface area contributed by atoms with E-state index in [1.165, 1.54) is 0 Å². The van der Waals surface area contributed by atoms with E-state index in [4.69, 9.17) is 10.8 Å². The van der Waals surface area contributed by atoms with E-state index in [0.717, 1.165) is 12.8 Å². The topological polar surface area (TPSA) is 66.6 Å². The Bertz CT molecular complexity index is 174. The van der Waals surface area contributed by atoms with Gasteiger partial charge in [0.2, 0.25) is 5.91 Å². The zero-order valence-electron chi connectivity index (χ0n) is 9.91. The first-order chi connectivity index (χ1) is 7.21. The summed E-state index contributed by atoms with van der Waals surface area (Å²) in [4.78, 5) is 13.7. The molecule has 0 aromatic carbocycles. The van der Waals surface area contributed by atoms with E-state index in [-0.39, 0.29) is 18.4 Å². The summed E-state index contributed by atoms with van der Waals surface area (Å²) in [6.45, 7) is 5.88. The number of carbonyl (C=O) groups excluding carboxylic acids is 1. The Balaban J connectivity index is 4.20. The third-order valence-electron chi connectivity index (χ3n) is 2.55. The van der Waals surface area contributed by atoms with E-state index >= 15 is 0 Å². The van der Waals surface area contributed by atoms with Crippen molar-refractivity contribution in [3.05, 3.63) is 0 Å². The molecule has 1 amide bonds. The quantitative estimate of drug-likeness (QED) is 0.624. The Morgan fingerprint density at radius 2 is 2.13 bits per heavy atom. The molecule has 0 aromatic heterocycles. The summed E-state index contributed by atoms with van der Waals surface area (Å²) in [6, 6.07) is 0. The number of rotatable bonds is 8. The molecule has 0 saturated heterocycles. The molecule has 15 heavy (non-hydrogen) atoms. The number of nitrogens with two attached hydrogens (primary N) is 1. The third-order valence-corrected chi connectivity index (χ3v) is 2.55. The Morgan fingerprint density at radius 1 is 1.47 bits per heavy atom. The maximum Gasteiger partial charge on any atom is 0.226 e. The van der Waals surface area contributed by atoms with Gasteiger partial charge in [0.15, 0.2) is 0 Å². The van der Waals surface area contributed by atoms with Crippen LogP contribution in [-0.4, -0.2) is 42.2 Å². The lowest BCUT2D eigenvalue weighted by Crippen LogP contribution is -2.39. The molecule has 90 valence electrons. The lowest BCUT2D eigenvalue weighted by molar-refractivity contribution is -0.135. The molecular weight excluding hydrogens is 192 g/mol. The molecule has 0 aliphatic rings. The maximum atomic E-state index is 12.0. The van der Waals surface area contributed by atoms with Crippen molar-refractivity contribution in [3.8, 4) is 0 Å². The summed E-state index contributed by atoms with van der Waals surface area (Å²) in [5.41, 5.74) is 5.58. The van der Waals surface area contributed by atoms with Gasteiger partial charge in [-0.2, -0.15) is 0 Å². The standard InChI is InChI=1S/C11H24N2O2/c1-3-6-10(9-12)11(15)13(4-2)7-5-8-14/h10,14H,3-9,12H2,1-2H3. The lowest BCUT2D eigenvalue weighted by Gasteiger charge is -2.25.